The third-order valence-corrected chi connectivity index (χ3v) is 3.22. The van der Waals surface area contributed by atoms with Gasteiger partial charge in [-0.05, 0) is 23.8 Å². The summed E-state index contributed by atoms with van der Waals surface area (Å²) in [5, 5.41) is 11.7. The van der Waals surface area contributed by atoms with Gasteiger partial charge in [-0.25, -0.2) is 4.79 Å². The molecule has 1 aromatic rings. The van der Waals surface area contributed by atoms with Crippen molar-refractivity contribution in [2.24, 2.45) is 0 Å². The number of rotatable bonds is 5. The zero-order valence-corrected chi connectivity index (χ0v) is 12.7. The number of carbonyl (C=O) groups is 3. The molecule has 0 bridgehead atoms. The Hall–Kier alpha value is -2.87. The molecule has 0 saturated carbocycles. The molecule has 4 amide bonds. The highest BCUT2D eigenvalue weighted by Crippen LogP contribution is 2.27. The predicted molar refractivity (Wildman–Crippen MR) is 79.8 cm³/mol. The molecule has 0 spiro atoms. The molecular weight excluding hydrogens is 304 g/mol. The minimum atomic E-state index is -0.780. The predicted octanol–water partition coefficient (Wildman–Crippen LogP) is 0.509. The maximum atomic E-state index is 12.3. The standard InChI is InChI=1S/C15H16N2O6/c1-22-6-5-17-14(20)10(13(19)16-15(17)21)7-9-3-4-11(18)12(8-9)23-2/h3-4,7-8,18H,5-6H2,1-2H3,(H,16,19,21). The molecule has 0 atom stereocenters. The second kappa shape index (κ2) is 6.93. The Balaban J connectivity index is 2.34. The summed E-state index contributed by atoms with van der Waals surface area (Å²) in [4.78, 5) is 36.8. The van der Waals surface area contributed by atoms with Crippen molar-refractivity contribution in [3.05, 3.63) is 29.3 Å². The maximum Gasteiger partial charge on any atom is 0.331 e. The first-order chi connectivity index (χ1) is 11.0. The van der Waals surface area contributed by atoms with Gasteiger partial charge in [-0.15, -0.1) is 0 Å². The zero-order chi connectivity index (χ0) is 17.0. The van der Waals surface area contributed by atoms with Crippen LogP contribution in [-0.4, -0.2) is 55.2 Å². The molecule has 8 heteroatoms. The van der Waals surface area contributed by atoms with Crippen molar-refractivity contribution < 1.29 is 29.0 Å². The van der Waals surface area contributed by atoms with Gasteiger partial charge in [-0.1, -0.05) is 6.07 Å². The summed E-state index contributed by atoms with van der Waals surface area (Å²) < 4.78 is 9.82. The number of carbonyl (C=O) groups excluding carboxylic acids is 3. The van der Waals surface area contributed by atoms with E-state index in [0.29, 0.717) is 5.56 Å². The average molecular weight is 320 g/mol. The lowest BCUT2D eigenvalue weighted by Gasteiger charge is -2.26. The molecule has 122 valence electrons. The second-order valence-corrected chi connectivity index (χ2v) is 4.70. The molecule has 0 aliphatic carbocycles. The number of amides is 4. The lowest BCUT2D eigenvalue weighted by Crippen LogP contribution is -2.54. The highest BCUT2D eigenvalue weighted by molar-refractivity contribution is 6.31. The van der Waals surface area contributed by atoms with E-state index in [1.54, 1.807) is 0 Å². The van der Waals surface area contributed by atoms with Gasteiger partial charge in [-0.2, -0.15) is 0 Å². The molecule has 2 N–H and O–H groups in total. The van der Waals surface area contributed by atoms with Crippen LogP contribution in [-0.2, 0) is 14.3 Å². The first-order valence-electron chi connectivity index (χ1n) is 6.72. The zero-order valence-electron chi connectivity index (χ0n) is 12.7. The molecule has 1 heterocycles. The van der Waals surface area contributed by atoms with Crippen LogP contribution in [0.1, 0.15) is 5.56 Å². The fraction of sp³-hybridized carbons (Fsp3) is 0.267. The molecule has 0 unspecified atom stereocenters. The minimum Gasteiger partial charge on any atom is -0.504 e. The van der Waals surface area contributed by atoms with Gasteiger partial charge in [0.1, 0.15) is 5.57 Å². The van der Waals surface area contributed by atoms with Crippen LogP contribution in [0, 0.1) is 0 Å². The van der Waals surface area contributed by atoms with Gasteiger partial charge >= 0.3 is 6.03 Å². The van der Waals surface area contributed by atoms with Gasteiger partial charge in [0.2, 0.25) is 0 Å². The van der Waals surface area contributed by atoms with Crippen LogP contribution in [0.3, 0.4) is 0 Å². The number of imide groups is 2. The smallest absolute Gasteiger partial charge is 0.331 e. The molecule has 1 saturated heterocycles. The fourth-order valence-electron chi connectivity index (χ4n) is 2.03. The van der Waals surface area contributed by atoms with Crippen molar-refractivity contribution in [3.8, 4) is 11.5 Å². The number of hydrogen-bond donors (Lipinski definition) is 2. The Morgan fingerprint density at radius 2 is 2.00 bits per heavy atom. The number of nitrogens with one attached hydrogen (secondary N) is 1. The number of methoxy groups -OCH3 is 2. The van der Waals surface area contributed by atoms with Gasteiger partial charge in [0.15, 0.2) is 11.5 Å². The number of urea groups is 1. The minimum absolute atomic E-state index is 0.0324. The van der Waals surface area contributed by atoms with Crippen LogP contribution >= 0.6 is 0 Å². The Labute approximate surface area is 132 Å². The van der Waals surface area contributed by atoms with E-state index in [1.165, 1.54) is 38.5 Å². The molecule has 23 heavy (non-hydrogen) atoms. The highest BCUT2D eigenvalue weighted by Gasteiger charge is 2.35. The second-order valence-electron chi connectivity index (χ2n) is 4.70. The third kappa shape index (κ3) is 3.49. The summed E-state index contributed by atoms with van der Waals surface area (Å²) in [6, 6.07) is 3.59. The Kier molecular flexibility index (Phi) is 4.97. The van der Waals surface area contributed by atoms with Crippen molar-refractivity contribution in [2.75, 3.05) is 27.4 Å². The average Bonchev–Trinajstić information content (AvgIpc) is 2.52. The van der Waals surface area contributed by atoms with E-state index < -0.39 is 17.8 Å². The number of aromatic hydroxyl groups is 1. The van der Waals surface area contributed by atoms with E-state index in [0.717, 1.165) is 4.90 Å². The Bertz CT molecular complexity index is 683. The highest BCUT2D eigenvalue weighted by atomic mass is 16.5. The summed E-state index contributed by atoms with van der Waals surface area (Å²) in [5.74, 6) is -1.34. The van der Waals surface area contributed by atoms with Gasteiger partial charge < -0.3 is 14.6 Å². The molecule has 1 aliphatic heterocycles. The van der Waals surface area contributed by atoms with Crippen molar-refractivity contribution in [1.82, 2.24) is 10.2 Å². The fourth-order valence-corrected chi connectivity index (χ4v) is 2.03. The summed E-state index contributed by atoms with van der Waals surface area (Å²) in [6.07, 6.45) is 1.33. The summed E-state index contributed by atoms with van der Waals surface area (Å²) in [7, 11) is 2.83. The lowest BCUT2D eigenvalue weighted by molar-refractivity contribution is -0.130. The van der Waals surface area contributed by atoms with E-state index in [4.69, 9.17) is 9.47 Å². The van der Waals surface area contributed by atoms with Crippen LogP contribution in [0.25, 0.3) is 6.08 Å². The summed E-state index contributed by atoms with van der Waals surface area (Å²) in [5.41, 5.74) is 0.285. The molecule has 0 radical (unpaired) electrons. The molecule has 1 aliphatic rings. The van der Waals surface area contributed by atoms with Crippen LogP contribution in [0.4, 0.5) is 4.79 Å². The number of benzene rings is 1. The number of phenolic OH excluding ortho intramolecular Hbond substituents is 1. The number of barbiturate groups is 1. The monoisotopic (exact) mass is 320 g/mol. The number of phenols is 1. The SMILES string of the molecule is COCCN1C(=O)NC(=O)C(=Cc2ccc(O)c(OC)c2)C1=O. The largest absolute Gasteiger partial charge is 0.504 e. The molecular formula is C15H16N2O6. The molecule has 2 rings (SSSR count). The summed E-state index contributed by atoms with van der Waals surface area (Å²) >= 11 is 0. The van der Waals surface area contributed by atoms with Gasteiger partial charge in [-0.3, -0.25) is 19.8 Å². The first kappa shape index (κ1) is 16.5. The van der Waals surface area contributed by atoms with E-state index >= 15 is 0 Å². The van der Waals surface area contributed by atoms with Crippen LogP contribution < -0.4 is 10.1 Å². The Morgan fingerprint density at radius 1 is 1.26 bits per heavy atom. The molecule has 1 aromatic carbocycles. The molecule has 0 aromatic heterocycles. The van der Waals surface area contributed by atoms with E-state index in [1.807, 2.05) is 0 Å². The topological polar surface area (TPSA) is 105 Å². The third-order valence-electron chi connectivity index (χ3n) is 3.22. The van der Waals surface area contributed by atoms with Crippen LogP contribution in [0.2, 0.25) is 0 Å². The van der Waals surface area contributed by atoms with Crippen molar-refractivity contribution >= 4 is 23.9 Å². The van der Waals surface area contributed by atoms with Crippen LogP contribution in [0.5, 0.6) is 11.5 Å². The van der Waals surface area contributed by atoms with E-state index in [9.17, 15) is 19.5 Å². The van der Waals surface area contributed by atoms with E-state index in [2.05, 4.69) is 5.32 Å². The molecule has 1 fully saturated rings. The van der Waals surface area contributed by atoms with Crippen molar-refractivity contribution in [1.29, 1.82) is 0 Å². The molecule has 8 nitrogen and oxygen atoms in total. The first-order valence-corrected chi connectivity index (χ1v) is 6.72. The Morgan fingerprint density at radius 3 is 2.65 bits per heavy atom. The maximum absolute atomic E-state index is 12.3. The van der Waals surface area contributed by atoms with Gasteiger partial charge in [0.05, 0.1) is 20.3 Å². The van der Waals surface area contributed by atoms with E-state index in [-0.39, 0.29) is 30.2 Å². The number of hydrogen-bond acceptors (Lipinski definition) is 6. The van der Waals surface area contributed by atoms with Crippen molar-refractivity contribution in [2.45, 2.75) is 0 Å². The van der Waals surface area contributed by atoms with Crippen LogP contribution in [0.15, 0.2) is 23.8 Å². The number of nitrogens with zero attached hydrogens (tertiary/aromatic N) is 1. The van der Waals surface area contributed by atoms with Gasteiger partial charge in [0.25, 0.3) is 11.8 Å². The van der Waals surface area contributed by atoms with Gasteiger partial charge in [0, 0.05) is 7.11 Å². The normalized spacial score (nSPS) is 16.7. The van der Waals surface area contributed by atoms with Crippen molar-refractivity contribution in [3.63, 3.8) is 0 Å². The quantitative estimate of drug-likeness (QED) is 0.605. The lowest BCUT2D eigenvalue weighted by atomic mass is 10.1. The summed E-state index contributed by atoms with van der Waals surface area (Å²) in [6.45, 7) is 0.193. The number of ether oxygens (including phenoxy) is 2.